The molecule has 2 unspecified atom stereocenters. The Balaban J connectivity index is 1.78. The number of hydrogen-bond acceptors (Lipinski definition) is 4. The maximum Gasteiger partial charge on any atom is 0.318 e. The smallest absolute Gasteiger partial charge is 0.318 e. The van der Waals surface area contributed by atoms with Gasteiger partial charge in [0.2, 0.25) is 0 Å². The first-order valence-electron chi connectivity index (χ1n) is 9.17. The molecule has 142 valence electrons. The Labute approximate surface area is 159 Å². The number of carbonyl (C=O) groups is 1. The molecular formula is C20H25N5O2. The van der Waals surface area contributed by atoms with Gasteiger partial charge >= 0.3 is 6.03 Å². The first kappa shape index (κ1) is 18.9. The number of nitrogens with one attached hydrogen (secondary N) is 1. The molecule has 3 rings (SSSR count). The molecule has 0 bridgehead atoms. The molecule has 1 fully saturated rings. The molecule has 7 nitrogen and oxygen atoms in total. The Hall–Kier alpha value is -2.85. The van der Waals surface area contributed by atoms with E-state index < -0.39 is 0 Å². The van der Waals surface area contributed by atoms with Gasteiger partial charge in [-0.2, -0.15) is 10.4 Å². The Morgan fingerprint density at radius 3 is 3.04 bits per heavy atom. The van der Waals surface area contributed by atoms with Crippen molar-refractivity contribution in [2.45, 2.75) is 31.3 Å². The summed E-state index contributed by atoms with van der Waals surface area (Å²) in [5, 5.41) is 16.5. The molecule has 0 saturated carbocycles. The van der Waals surface area contributed by atoms with Gasteiger partial charge < -0.3 is 15.0 Å². The lowest BCUT2D eigenvalue weighted by Crippen LogP contribution is -2.46. The van der Waals surface area contributed by atoms with E-state index in [0.717, 1.165) is 30.4 Å². The molecule has 1 N–H and O–H groups in total. The fourth-order valence-corrected chi connectivity index (χ4v) is 3.58. The molecule has 0 aliphatic carbocycles. The zero-order valence-corrected chi connectivity index (χ0v) is 15.8. The third-order valence-corrected chi connectivity index (χ3v) is 4.92. The number of methoxy groups -OCH3 is 1. The van der Waals surface area contributed by atoms with E-state index >= 15 is 0 Å². The quantitative estimate of drug-likeness (QED) is 0.881. The minimum Gasteiger partial charge on any atom is -0.382 e. The number of aryl methyl sites for hydroxylation is 1. The normalized spacial score (nSPS) is 18.0. The number of ether oxygens (including phenoxy) is 1. The molecule has 2 aromatic rings. The fourth-order valence-electron chi connectivity index (χ4n) is 3.58. The molecule has 0 spiro atoms. The topological polar surface area (TPSA) is 83.2 Å². The van der Waals surface area contributed by atoms with Crippen molar-refractivity contribution < 1.29 is 9.53 Å². The summed E-state index contributed by atoms with van der Waals surface area (Å²) < 4.78 is 7.07. The van der Waals surface area contributed by atoms with Gasteiger partial charge in [-0.05, 0) is 37.0 Å². The number of aromatic nitrogens is 2. The van der Waals surface area contributed by atoms with E-state index in [2.05, 4.69) is 16.5 Å². The molecule has 1 saturated heterocycles. The summed E-state index contributed by atoms with van der Waals surface area (Å²) in [6.07, 6.45) is 6.81. The van der Waals surface area contributed by atoms with Crippen LogP contribution in [0.1, 0.15) is 48.0 Å². The van der Waals surface area contributed by atoms with Crippen LogP contribution in [0.5, 0.6) is 0 Å². The van der Waals surface area contributed by atoms with Gasteiger partial charge in [-0.15, -0.1) is 0 Å². The van der Waals surface area contributed by atoms with Gasteiger partial charge in [0.05, 0.1) is 36.5 Å². The van der Waals surface area contributed by atoms with Crippen molar-refractivity contribution >= 4 is 6.03 Å². The summed E-state index contributed by atoms with van der Waals surface area (Å²) >= 11 is 0. The second-order valence-electron chi connectivity index (χ2n) is 6.85. The second-order valence-corrected chi connectivity index (χ2v) is 6.85. The predicted octanol–water partition coefficient (Wildman–Crippen LogP) is 2.92. The number of likely N-dealkylation sites (tertiary alicyclic amines) is 1. The zero-order chi connectivity index (χ0) is 19.2. The fraction of sp³-hybridized carbons (Fsp3) is 0.450. The number of piperidine rings is 1. The maximum atomic E-state index is 13.1. The number of carbonyl (C=O) groups excluding carboxylic acids is 1. The summed E-state index contributed by atoms with van der Waals surface area (Å²) in [5.74, 6) is 0. The first-order valence-corrected chi connectivity index (χ1v) is 9.17. The third kappa shape index (κ3) is 4.47. The molecule has 0 radical (unpaired) electrons. The van der Waals surface area contributed by atoms with E-state index in [4.69, 9.17) is 10.00 Å². The van der Waals surface area contributed by atoms with E-state index in [9.17, 15) is 4.79 Å². The number of urea groups is 1. The zero-order valence-electron chi connectivity index (χ0n) is 15.8. The average Bonchev–Trinajstić information content (AvgIpc) is 3.14. The lowest BCUT2D eigenvalue weighted by molar-refractivity contribution is 0.132. The maximum absolute atomic E-state index is 13.1. The van der Waals surface area contributed by atoms with Crippen molar-refractivity contribution in [2.75, 3.05) is 20.3 Å². The van der Waals surface area contributed by atoms with Gasteiger partial charge in [-0.3, -0.25) is 4.68 Å². The number of nitriles is 1. The minimum absolute atomic E-state index is 0.0288. The molecule has 1 aromatic heterocycles. The van der Waals surface area contributed by atoms with Gasteiger partial charge in [0.15, 0.2) is 0 Å². The van der Waals surface area contributed by atoms with E-state index in [1.54, 1.807) is 23.9 Å². The summed E-state index contributed by atoms with van der Waals surface area (Å²) in [6.45, 7) is 1.05. The molecule has 27 heavy (non-hydrogen) atoms. The molecule has 1 aliphatic rings. The predicted molar refractivity (Wildman–Crippen MR) is 101 cm³/mol. The minimum atomic E-state index is -0.313. The highest BCUT2D eigenvalue weighted by Crippen LogP contribution is 2.31. The SMILES string of the molecule is COCC(NC(=O)N1CCCCC1c1cnn(C)c1)c1cccc(C#N)c1. The highest BCUT2D eigenvalue weighted by molar-refractivity contribution is 5.75. The number of nitrogens with zero attached hydrogens (tertiary/aromatic N) is 4. The van der Waals surface area contributed by atoms with Gasteiger partial charge in [0, 0.05) is 32.5 Å². The van der Waals surface area contributed by atoms with Crippen LogP contribution in [0.25, 0.3) is 0 Å². The molecule has 7 heteroatoms. The summed E-state index contributed by atoms with van der Waals surface area (Å²) in [4.78, 5) is 15.0. The Bertz CT molecular complexity index is 826. The van der Waals surface area contributed by atoms with E-state index in [0.29, 0.717) is 18.7 Å². The van der Waals surface area contributed by atoms with E-state index in [1.165, 1.54) is 0 Å². The van der Waals surface area contributed by atoms with Crippen LogP contribution in [0.3, 0.4) is 0 Å². The van der Waals surface area contributed by atoms with E-state index in [-0.39, 0.29) is 18.1 Å². The highest BCUT2D eigenvalue weighted by atomic mass is 16.5. The van der Waals surface area contributed by atoms with Crippen molar-refractivity contribution in [1.29, 1.82) is 5.26 Å². The van der Waals surface area contributed by atoms with E-state index in [1.807, 2.05) is 36.5 Å². The Morgan fingerprint density at radius 2 is 2.33 bits per heavy atom. The van der Waals surface area contributed by atoms with Gasteiger partial charge in [0.1, 0.15) is 0 Å². The van der Waals surface area contributed by atoms with Gasteiger partial charge in [-0.25, -0.2) is 4.79 Å². The molecule has 1 aliphatic heterocycles. The second kappa shape index (κ2) is 8.69. The standard InChI is InChI=1S/C20H25N5O2/c1-24-13-17(12-22-24)19-8-3-4-9-25(19)20(26)23-18(14-27-2)16-7-5-6-15(10-16)11-21/h5-7,10,12-13,18-19H,3-4,8-9,14H2,1-2H3,(H,23,26). The van der Waals surface area contributed by atoms with Gasteiger partial charge in [-0.1, -0.05) is 12.1 Å². The van der Waals surface area contributed by atoms with Crippen LogP contribution in [0.15, 0.2) is 36.7 Å². The van der Waals surface area contributed by atoms with Crippen LogP contribution in [-0.2, 0) is 11.8 Å². The van der Waals surface area contributed by atoms with Crippen LogP contribution in [-0.4, -0.2) is 41.0 Å². The number of benzene rings is 1. The summed E-state index contributed by atoms with van der Waals surface area (Å²) in [5.41, 5.74) is 2.48. The van der Waals surface area contributed by atoms with Crippen molar-refractivity contribution in [3.8, 4) is 6.07 Å². The van der Waals surface area contributed by atoms with Crippen LogP contribution < -0.4 is 5.32 Å². The summed E-state index contributed by atoms with van der Waals surface area (Å²) in [7, 11) is 3.49. The van der Waals surface area contributed by atoms with Gasteiger partial charge in [0.25, 0.3) is 0 Å². The number of amides is 2. The van der Waals surface area contributed by atoms with Crippen molar-refractivity contribution in [2.24, 2.45) is 7.05 Å². The third-order valence-electron chi connectivity index (χ3n) is 4.92. The Morgan fingerprint density at radius 1 is 1.48 bits per heavy atom. The highest BCUT2D eigenvalue weighted by Gasteiger charge is 2.30. The van der Waals surface area contributed by atoms with Crippen molar-refractivity contribution in [3.63, 3.8) is 0 Å². The summed E-state index contributed by atoms with van der Waals surface area (Å²) in [6, 6.07) is 9.00. The lowest BCUT2D eigenvalue weighted by Gasteiger charge is -2.36. The molecule has 2 heterocycles. The molecule has 1 aromatic carbocycles. The molecular weight excluding hydrogens is 342 g/mol. The first-order chi connectivity index (χ1) is 13.1. The molecule has 2 atom stereocenters. The number of hydrogen-bond donors (Lipinski definition) is 1. The molecule has 2 amide bonds. The van der Waals surface area contributed by atoms with Crippen molar-refractivity contribution in [3.05, 3.63) is 53.3 Å². The average molecular weight is 367 g/mol. The van der Waals surface area contributed by atoms with Crippen molar-refractivity contribution in [1.82, 2.24) is 20.0 Å². The van der Waals surface area contributed by atoms with Crippen LogP contribution in [0, 0.1) is 11.3 Å². The number of rotatable bonds is 5. The van der Waals surface area contributed by atoms with Crippen LogP contribution >= 0.6 is 0 Å². The van der Waals surface area contributed by atoms with Crippen LogP contribution in [0.2, 0.25) is 0 Å². The van der Waals surface area contributed by atoms with Crippen LogP contribution in [0.4, 0.5) is 4.79 Å². The Kier molecular flexibility index (Phi) is 6.09. The largest absolute Gasteiger partial charge is 0.382 e. The lowest BCUT2D eigenvalue weighted by atomic mass is 9.98. The monoisotopic (exact) mass is 367 g/mol.